The Morgan fingerprint density at radius 2 is 1.66 bits per heavy atom. The van der Waals surface area contributed by atoms with Crippen molar-refractivity contribution >= 4 is 22.8 Å². The number of imide groups is 1. The van der Waals surface area contributed by atoms with Gasteiger partial charge < -0.3 is 19.5 Å². The molecule has 1 N–H and O–H groups in total. The second-order valence-electron chi connectivity index (χ2n) is 12.0. The lowest BCUT2D eigenvalue weighted by Gasteiger charge is -2.25. The molecule has 8 nitrogen and oxygen atoms in total. The predicted octanol–water partition coefficient (Wildman–Crippen LogP) is 7.41. The van der Waals surface area contributed by atoms with E-state index in [0.29, 0.717) is 73.8 Å². The molecular formula is C36H36F3N3O5. The SMILES string of the molecule is CC1(c2ccc3c(c2)OCCO3)NC(=O)N(CCCCCCCOc2c(Cc3ccccc3)cnc3c(C(F)(F)F)cccc23)C1=O. The Hall–Kier alpha value is -4.80. The first-order chi connectivity index (χ1) is 22.6. The van der Waals surface area contributed by atoms with Gasteiger partial charge in [0.05, 0.1) is 17.7 Å². The van der Waals surface area contributed by atoms with Crippen LogP contribution in [0.2, 0.25) is 0 Å². The highest BCUT2D eigenvalue weighted by molar-refractivity contribution is 6.07. The standard InChI is InChI=1S/C36H36F3N3O5/c1-35(26-15-16-29-30(22-26)46-20-19-45-29)33(43)42(34(44)41-35)17-8-3-2-4-9-18-47-32-25(21-24-11-6-5-7-12-24)23-40-31-27(32)13-10-14-28(31)36(37,38)39/h5-7,10-16,22-23H,2-4,8-9,17-21H2,1H3,(H,41,44). The fraction of sp³-hybridized carbons (Fsp3) is 0.361. The van der Waals surface area contributed by atoms with Crippen LogP contribution < -0.4 is 19.5 Å². The third kappa shape index (κ3) is 6.84. The number of rotatable bonds is 12. The van der Waals surface area contributed by atoms with E-state index >= 15 is 0 Å². The van der Waals surface area contributed by atoms with Gasteiger partial charge in [0.25, 0.3) is 5.91 Å². The van der Waals surface area contributed by atoms with E-state index in [0.717, 1.165) is 36.5 Å². The fourth-order valence-corrected chi connectivity index (χ4v) is 6.11. The number of alkyl halides is 3. The molecule has 2 aliphatic rings. The van der Waals surface area contributed by atoms with Gasteiger partial charge in [0, 0.05) is 30.1 Å². The summed E-state index contributed by atoms with van der Waals surface area (Å²) in [4.78, 5) is 31.6. The minimum atomic E-state index is -4.53. The molecule has 6 rings (SSSR count). The van der Waals surface area contributed by atoms with Gasteiger partial charge in [0.1, 0.15) is 24.5 Å². The maximum atomic E-state index is 13.7. The molecule has 1 saturated heterocycles. The van der Waals surface area contributed by atoms with Crippen molar-refractivity contribution in [3.8, 4) is 17.2 Å². The zero-order chi connectivity index (χ0) is 33.0. The van der Waals surface area contributed by atoms with Gasteiger partial charge in [-0.3, -0.25) is 14.7 Å². The zero-order valence-electron chi connectivity index (χ0n) is 26.1. The van der Waals surface area contributed by atoms with E-state index < -0.39 is 23.3 Å². The number of hydrogen-bond acceptors (Lipinski definition) is 6. The number of halogens is 3. The van der Waals surface area contributed by atoms with Crippen LogP contribution in [0.5, 0.6) is 17.2 Å². The third-order valence-electron chi connectivity index (χ3n) is 8.63. The van der Waals surface area contributed by atoms with Gasteiger partial charge in [-0.1, -0.05) is 61.7 Å². The summed E-state index contributed by atoms with van der Waals surface area (Å²) in [5.41, 5.74) is 0.246. The van der Waals surface area contributed by atoms with Crippen LogP contribution in [-0.4, -0.2) is 48.2 Å². The number of carbonyl (C=O) groups is 2. The zero-order valence-corrected chi connectivity index (χ0v) is 26.1. The molecule has 3 amide bonds. The molecule has 3 aromatic carbocycles. The summed E-state index contributed by atoms with van der Waals surface area (Å²) in [6.45, 7) is 3.21. The van der Waals surface area contributed by atoms with Gasteiger partial charge >= 0.3 is 12.2 Å². The molecule has 0 spiro atoms. The van der Waals surface area contributed by atoms with E-state index in [2.05, 4.69) is 10.3 Å². The smallest absolute Gasteiger partial charge is 0.418 e. The summed E-state index contributed by atoms with van der Waals surface area (Å²) in [6.07, 6.45) is 1.23. The molecule has 0 aliphatic carbocycles. The molecule has 0 radical (unpaired) electrons. The molecule has 1 atom stereocenters. The topological polar surface area (TPSA) is 90.0 Å². The highest BCUT2D eigenvalue weighted by Gasteiger charge is 2.49. The largest absolute Gasteiger partial charge is 0.493 e. The Kier molecular flexibility index (Phi) is 9.24. The van der Waals surface area contributed by atoms with Crippen molar-refractivity contribution in [1.82, 2.24) is 15.2 Å². The van der Waals surface area contributed by atoms with Crippen LogP contribution in [0.25, 0.3) is 10.9 Å². The minimum absolute atomic E-state index is 0.127. The van der Waals surface area contributed by atoms with Crippen LogP contribution in [0.4, 0.5) is 18.0 Å². The fourth-order valence-electron chi connectivity index (χ4n) is 6.11. The van der Waals surface area contributed by atoms with Gasteiger partial charge in [-0.2, -0.15) is 13.2 Å². The maximum Gasteiger partial charge on any atom is 0.418 e. The van der Waals surface area contributed by atoms with E-state index in [1.807, 2.05) is 30.3 Å². The van der Waals surface area contributed by atoms with Gasteiger partial charge in [-0.15, -0.1) is 0 Å². The van der Waals surface area contributed by atoms with E-state index in [1.165, 1.54) is 17.2 Å². The first-order valence-corrected chi connectivity index (χ1v) is 15.8. The predicted molar refractivity (Wildman–Crippen MR) is 170 cm³/mol. The van der Waals surface area contributed by atoms with Crippen LogP contribution in [-0.2, 0) is 22.9 Å². The van der Waals surface area contributed by atoms with Gasteiger partial charge in [0.2, 0.25) is 0 Å². The Morgan fingerprint density at radius 3 is 2.45 bits per heavy atom. The second-order valence-corrected chi connectivity index (χ2v) is 12.0. The average Bonchev–Trinajstić information content (AvgIpc) is 3.29. The summed E-state index contributed by atoms with van der Waals surface area (Å²) in [6, 6.07) is 18.5. The molecule has 3 heterocycles. The van der Waals surface area contributed by atoms with Crippen LogP contribution in [0, 0.1) is 0 Å². The lowest BCUT2D eigenvalue weighted by atomic mass is 9.91. The molecule has 1 aromatic heterocycles. The quantitative estimate of drug-likeness (QED) is 0.127. The number of hydrogen-bond donors (Lipinski definition) is 1. The van der Waals surface area contributed by atoms with Crippen molar-refractivity contribution in [2.75, 3.05) is 26.4 Å². The molecular weight excluding hydrogens is 611 g/mol. The van der Waals surface area contributed by atoms with E-state index in [4.69, 9.17) is 14.2 Å². The maximum absolute atomic E-state index is 13.7. The molecule has 0 saturated carbocycles. The summed E-state index contributed by atoms with van der Waals surface area (Å²) in [5, 5.41) is 3.18. The molecule has 4 aromatic rings. The average molecular weight is 648 g/mol. The van der Waals surface area contributed by atoms with Crippen LogP contribution in [0.1, 0.15) is 61.3 Å². The van der Waals surface area contributed by atoms with Gasteiger partial charge in [0.15, 0.2) is 11.5 Å². The molecule has 1 fully saturated rings. The van der Waals surface area contributed by atoms with Crippen molar-refractivity contribution in [1.29, 1.82) is 0 Å². The molecule has 1 unspecified atom stereocenters. The normalized spacial score (nSPS) is 17.7. The monoisotopic (exact) mass is 647 g/mol. The first kappa shape index (κ1) is 32.2. The molecule has 246 valence electrons. The number of ether oxygens (including phenoxy) is 3. The van der Waals surface area contributed by atoms with Crippen molar-refractivity contribution in [3.05, 3.63) is 95.2 Å². The number of carbonyl (C=O) groups excluding carboxylic acids is 2. The number of pyridine rings is 1. The number of fused-ring (bicyclic) bond motifs is 2. The molecule has 2 aliphatic heterocycles. The summed E-state index contributed by atoms with van der Waals surface area (Å²) in [7, 11) is 0. The van der Waals surface area contributed by atoms with Gasteiger partial charge in [-0.25, -0.2) is 4.79 Å². The second kappa shape index (κ2) is 13.5. The van der Waals surface area contributed by atoms with Crippen molar-refractivity contribution in [2.24, 2.45) is 0 Å². The van der Waals surface area contributed by atoms with Crippen molar-refractivity contribution in [2.45, 2.75) is 57.2 Å². The van der Waals surface area contributed by atoms with Gasteiger partial charge in [-0.05, 0) is 55.2 Å². The highest BCUT2D eigenvalue weighted by atomic mass is 19.4. The number of para-hydroxylation sites is 1. The molecule has 47 heavy (non-hydrogen) atoms. The van der Waals surface area contributed by atoms with E-state index in [1.54, 1.807) is 31.2 Å². The summed E-state index contributed by atoms with van der Waals surface area (Å²) < 4.78 is 58.6. The number of amides is 3. The lowest BCUT2D eigenvalue weighted by Crippen LogP contribution is -2.41. The van der Waals surface area contributed by atoms with Crippen LogP contribution in [0.3, 0.4) is 0 Å². The van der Waals surface area contributed by atoms with E-state index in [-0.39, 0.29) is 11.4 Å². The summed E-state index contributed by atoms with van der Waals surface area (Å²) >= 11 is 0. The minimum Gasteiger partial charge on any atom is -0.493 e. The van der Waals surface area contributed by atoms with Crippen LogP contribution >= 0.6 is 0 Å². The third-order valence-corrected chi connectivity index (χ3v) is 8.63. The Balaban J connectivity index is 1.02. The molecule has 0 bridgehead atoms. The Morgan fingerprint density at radius 1 is 0.915 bits per heavy atom. The number of aromatic nitrogens is 1. The number of unbranched alkanes of at least 4 members (excludes halogenated alkanes) is 4. The highest BCUT2D eigenvalue weighted by Crippen LogP contribution is 2.39. The lowest BCUT2D eigenvalue weighted by molar-refractivity contribution is -0.136. The van der Waals surface area contributed by atoms with Crippen LogP contribution in [0.15, 0.2) is 72.9 Å². The summed E-state index contributed by atoms with van der Waals surface area (Å²) in [5.74, 6) is 1.27. The molecule has 11 heteroatoms. The number of urea groups is 1. The van der Waals surface area contributed by atoms with Crippen molar-refractivity contribution < 1.29 is 37.0 Å². The Bertz CT molecular complexity index is 1760. The number of nitrogens with one attached hydrogen (secondary N) is 1. The van der Waals surface area contributed by atoms with Crippen molar-refractivity contribution in [3.63, 3.8) is 0 Å². The Labute approximate surface area is 270 Å². The number of nitrogens with zero attached hydrogens (tertiary/aromatic N) is 2. The van der Waals surface area contributed by atoms with E-state index in [9.17, 15) is 22.8 Å². The number of benzene rings is 3. The first-order valence-electron chi connectivity index (χ1n) is 15.8.